The Hall–Kier alpha value is -1.06. The standard InChI is InChI=1S/C17H28N2O/c1-4-14-10-11-19(12-14)13-17(18-3)15-6-8-16(9-7-15)20-5-2/h6-9,14,17-18H,4-5,10-13H2,1-3H3. The van der Waals surface area contributed by atoms with E-state index in [0.717, 1.165) is 24.8 Å². The Morgan fingerprint density at radius 2 is 2.05 bits per heavy atom. The molecule has 0 amide bonds. The third-order valence-corrected chi connectivity index (χ3v) is 4.33. The quantitative estimate of drug-likeness (QED) is 0.828. The molecule has 1 N–H and O–H groups in total. The van der Waals surface area contributed by atoms with Gasteiger partial charge in [-0.3, -0.25) is 0 Å². The van der Waals surface area contributed by atoms with Crippen LogP contribution < -0.4 is 10.1 Å². The summed E-state index contributed by atoms with van der Waals surface area (Å²) in [5, 5.41) is 3.45. The molecule has 1 saturated heterocycles. The number of likely N-dealkylation sites (N-methyl/N-ethyl adjacent to an activating group) is 1. The summed E-state index contributed by atoms with van der Waals surface area (Å²) >= 11 is 0. The van der Waals surface area contributed by atoms with E-state index in [1.807, 2.05) is 6.92 Å². The molecule has 2 rings (SSSR count). The molecule has 1 aromatic carbocycles. The number of likely N-dealkylation sites (tertiary alicyclic amines) is 1. The van der Waals surface area contributed by atoms with Crippen LogP contribution in [0, 0.1) is 5.92 Å². The van der Waals surface area contributed by atoms with Crippen LogP contribution in [0.2, 0.25) is 0 Å². The molecule has 20 heavy (non-hydrogen) atoms. The van der Waals surface area contributed by atoms with Gasteiger partial charge >= 0.3 is 0 Å². The zero-order valence-electron chi connectivity index (χ0n) is 13.1. The van der Waals surface area contributed by atoms with Crippen molar-refractivity contribution in [2.24, 2.45) is 5.92 Å². The summed E-state index contributed by atoms with van der Waals surface area (Å²) < 4.78 is 5.51. The summed E-state index contributed by atoms with van der Waals surface area (Å²) in [6.45, 7) is 8.64. The lowest BCUT2D eigenvalue weighted by atomic mass is 10.1. The Morgan fingerprint density at radius 1 is 1.30 bits per heavy atom. The summed E-state index contributed by atoms with van der Waals surface area (Å²) in [5.41, 5.74) is 1.34. The SMILES string of the molecule is CCOc1ccc(C(CN2CCC(CC)C2)NC)cc1. The van der Waals surface area contributed by atoms with Crippen molar-refractivity contribution in [3.05, 3.63) is 29.8 Å². The zero-order valence-corrected chi connectivity index (χ0v) is 13.1. The van der Waals surface area contributed by atoms with Gasteiger partial charge in [-0.2, -0.15) is 0 Å². The first kappa shape index (κ1) is 15.3. The predicted octanol–water partition coefficient (Wildman–Crippen LogP) is 3.08. The average Bonchev–Trinajstić information content (AvgIpc) is 2.94. The first-order valence-electron chi connectivity index (χ1n) is 7.89. The van der Waals surface area contributed by atoms with Crippen LogP contribution in [0.15, 0.2) is 24.3 Å². The van der Waals surface area contributed by atoms with Gasteiger partial charge in [0.05, 0.1) is 6.61 Å². The van der Waals surface area contributed by atoms with E-state index in [-0.39, 0.29) is 0 Å². The maximum Gasteiger partial charge on any atom is 0.119 e. The lowest BCUT2D eigenvalue weighted by Gasteiger charge is -2.24. The highest BCUT2D eigenvalue weighted by atomic mass is 16.5. The predicted molar refractivity (Wildman–Crippen MR) is 84.2 cm³/mol. The van der Waals surface area contributed by atoms with Crippen LogP contribution in [-0.4, -0.2) is 38.2 Å². The van der Waals surface area contributed by atoms with Gasteiger partial charge in [0.2, 0.25) is 0 Å². The number of ether oxygens (including phenoxy) is 1. The van der Waals surface area contributed by atoms with Gasteiger partial charge in [-0.25, -0.2) is 0 Å². The van der Waals surface area contributed by atoms with E-state index in [0.29, 0.717) is 6.04 Å². The van der Waals surface area contributed by atoms with E-state index in [2.05, 4.69) is 48.5 Å². The molecule has 2 atom stereocenters. The Bertz CT molecular complexity index is 390. The van der Waals surface area contributed by atoms with Gasteiger partial charge in [0.25, 0.3) is 0 Å². The number of nitrogens with zero attached hydrogens (tertiary/aromatic N) is 1. The van der Waals surface area contributed by atoms with E-state index >= 15 is 0 Å². The molecule has 1 aliphatic heterocycles. The van der Waals surface area contributed by atoms with Crippen LogP contribution >= 0.6 is 0 Å². The average molecular weight is 276 g/mol. The molecular weight excluding hydrogens is 248 g/mol. The summed E-state index contributed by atoms with van der Waals surface area (Å²) in [6, 6.07) is 8.91. The largest absolute Gasteiger partial charge is 0.494 e. The molecule has 0 bridgehead atoms. The minimum absolute atomic E-state index is 0.404. The van der Waals surface area contributed by atoms with E-state index < -0.39 is 0 Å². The number of rotatable bonds is 7. The first-order chi connectivity index (χ1) is 9.76. The number of hydrogen-bond acceptors (Lipinski definition) is 3. The summed E-state index contributed by atoms with van der Waals surface area (Å²) in [4.78, 5) is 2.59. The fraction of sp³-hybridized carbons (Fsp3) is 0.647. The van der Waals surface area contributed by atoms with Gasteiger partial charge in [0.15, 0.2) is 0 Å². The molecule has 1 heterocycles. The second-order valence-electron chi connectivity index (χ2n) is 5.67. The molecule has 0 radical (unpaired) electrons. The van der Waals surface area contributed by atoms with Gasteiger partial charge in [-0.05, 0) is 50.6 Å². The van der Waals surface area contributed by atoms with Crippen LogP contribution in [0.1, 0.15) is 38.3 Å². The topological polar surface area (TPSA) is 24.5 Å². The number of hydrogen-bond donors (Lipinski definition) is 1. The van der Waals surface area contributed by atoms with Crippen molar-refractivity contribution in [2.75, 3.05) is 33.3 Å². The fourth-order valence-corrected chi connectivity index (χ4v) is 3.00. The normalized spacial score (nSPS) is 21.1. The lowest BCUT2D eigenvalue weighted by Crippen LogP contribution is -2.32. The fourth-order valence-electron chi connectivity index (χ4n) is 3.00. The molecule has 0 aliphatic carbocycles. The number of nitrogens with one attached hydrogen (secondary N) is 1. The lowest BCUT2D eigenvalue weighted by molar-refractivity contribution is 0.287. The molecule has 1 fully saturated rings. The van der Waals surface area contributed by atoms with Gasteiger partial charge in [0.1, 0.15) is 5.75 Å². The zero-order chi connectivity index (χ0) is 14.4. The van der Waals surface area contributed by atoms with Crippen LogP contribution in [0.3, 0.4) is 0 Å². The van der Waals surface area contributed by atoms with Gasteiger partial charge < -0.3 is 15.0 Å². The molecule has 3 heteroatoms. The van der Waals surface area contributed by atoms with E-state index in [4.69, 9.17) is 4.74 Å². The second-order valence-corrected chi connectivity index (χ2v) is 5.67. The van der Waals surface area contributed by atoms with Crippen molar-refractivity contribution in [3.8, 4) is 5.75 Å². The van der Waals surface area contributed by atoms with Crippen molar-refractivity contribution in [2.45, 2.75) is 32.7 Å². The second kappa shape index (κ2) is 7.65. The minimum atomic E-state index is 0.404. The highest BCUT2D eigenvalue weighted by Crippen LogP contribution is 2.23. The van der Waals surface area contributed by atoms with Crippen LogP contribution in [0.5, 0.6) is 5.75 Å². The molecule has 0 spiro atoms. The summed E-state index contributed by atoms with van der Waals surface area (Å²) in [7, 11) is 2.05. The van der Waals surface area contributed by atoms with Gasteiger partial charge in [0, 0.05) is 19.1 Å². The van der Waals surface area contributed by atoms with E-state index in [1.165, 1.54) is 31.5 Å². The first-order valence-corrected chi connectivity index (χ1v) is 7.89. The van der Waals surface area contributed by atoms with Crippen molar-refractivity contribution in [1.29, 1.82) is 0 Å². The summed E-state index contributed by atoms with van der Waals surface area (Å²) in [6.07, 6.45) is 2.67. The Morgan fingerprint density at radius 3 is 2.60 bits per heavy atom. The number of benzene rings is 1. The molecule has 1 aromatic rings. The van der Waals surface area contributed by atoms with Gasteiger partial charge in [-0.15, -0.1) is 0 Å². The molecule has 0 aromatic heterocycles. The maximum absolute atomic E-state index is 5.51. The van der Waals surface area contributed by atoms with Crippen molar-refractivity contribution in [1.82, 2.24) is 10.2 Å². The Balaban J connectivity index is 1.94. The smallest absolute Gasteiger partial charge is 0.119 e. The third-order valence-electron chi connectivity index (χ3n) is 4.33. The van der Waals surface area contributed by atoms with Crippen LogP contribution in [-0.2, 0) is 0 Å². The third kappa shape index (κ3) is 3.97. The highest BCUT2D eigenvalue weighted by molar-refractivity contribution is 5.29. The molecule has 3 nitrogen and oxygen atoms in total. The van der Waals surface area contributed by atoms with E-state index in [9.17, 15) is 0 Å². The van der Waals surface area contributed by atoms with Crippen LogP contribution in [0.25, 0.3) is 0 Å². The molecular formula is C17H28N2O. The molecule has 112 valence electrons. The van der Waals surface area contributed by atoms with Crippen molar-refractivity contribution in [3.63, 3.8) is 0 Å². The molecule has 0 saturated carbocycles. The van der Waals surface area contributed by atoms with Crippen molar-refractivity contribution >= 4 is 0 Å². The molecule has 1 aliphatic rings. The minimum Gasteiger partial charge on any atom is -0.494 e. The maximum atomic E-state index is 5.51. The van der Waals surface area contributed by atoms with Crippen LogP contribution in [0.4, 0.5) is 0 Å². The van der Waals surface area contributed by atoms with Gasteiger partial charge in [-0.1, -0.05) is 25.5 Å². The highest BCUT2D eigenvalue weighted by Gasteiger charge is 2.23. The monoisotopic (exact) mass is 276 g/mol. The van der Waals surface area contributed by atoms with Crippen molar-refractivity contribution < 1.29 is 4.74 Å². The Kier molecular flexibility index (Phi) is 5.86. The Labute approximate surface area is 123 Å². The van der Waals surface area contributed by atoms with E-state index in [1.54, 1.807) is 0 Å². The summed E-state index contributed by atoms with van der Waals surface area (Å²) in [5.74, 6) is 1.85. The molecule has 2 unspecified atom stereocenters.